The van der Waals surface area contributed by atoms with Gasteiger partial charge in [0.05, 0.1) is 11.9 Å². The van der Waals surface area contributed by atoms with E-state index in [9.17, 15) is 0 Å². The molecule has 0 bridgehead atoms. The van der Waals surface area contributed by atoms with Gasteiger partial charge in [-0.05, 0) is 29.3 Å². The lowest BCUT2D eigenvalue weighted by Crippen LogP contribution is -1.90. The quantitative estimate of drug-likeness (QED) is 0.730. The molecule has 0 amide bonds. The summed E-state index contributed by atoms with van der Waals surface area (Å²) in [5, 5.41) is 1.21. The van der Waals surface area contributed by atoms with E-state index in [1.54, 1.807) is 6.20 Å². The fraction of sp³-hybridized carbons (Fsp3) is 0.100. The van der Waals surface area contributed by atoms with Crippen molar-refractivity contribution in [3.8, 4) is 11.3 Å². The highest BCUT2D eigenvalue weighted by atomic mass is 35.5. The molecule has 72 valence electrons. The zero-order valence-corrected chi connectivity index (χ0v) is 9.05. The van der Waals surface area contributed by atoms with Gasteiger partial charge in [-0.2, -0.15) is 0 Å². The van der Waals surface area contributed by atoms with Crippen LogP contribution in [0.2, 0.25) is 10.3 Å². The van der Waals surface area contributed by atoms with Crippen LogP contribution in [-0.4, -0.2) is 9.55 Å². The molecule has 2 nitrogen and oxygen atoms in total. The average molecular weight is 227 g/mol. The molecule has 1 aromatic heterocycles. The minimum absolute atomic E-state index is 0.481. The van der Waals surface area contributed by atoms with Crippen molar-refractivity contribution in [1.29, 1.82) is 0 Å². The summed E-state index contributed by atoms with van der Waals surface area (Å²) in [6.45, 7) is 0. The Morgan fingerprint density at radius 2 is 1.79 bits per heavy atom. The van der Waals surface area contributed by atoms with E-state index in [2.05, 4.69) is 4.98 Å². The third-order valence-corrected chi connectivity index (χ3v) is 2.67. The van der Waals surface area contributed by atoms with E-state index in [1.807, 2.05) is 35.9 Å². The van der Waals surface area contributed by atoms with E-state index in [0.717, 1.165) is 16.3 Å². The van der Waals surface area contributed by atoms with Gasteiger partial charge in [-0.1, -0.05) is 23.7 Å². The van der Waals surface area contributed by atoms with Gasteiger partial charge < -0.3 is 4.57 Å². The number of hydrogen-bond donors (Lipinski definition) is 0. The Kier molecular flexibility index (Phi) is 2.48. The van der Waals surface area contributed by atoms with Crippen LogP contribution < -0.4 is 0 Å². The molecule has 0 saturated carbocycles. The third kappa shape index (κ3) is 1.63. The fourth-order valence-electron chi connectivity index (χ4n) is 1.28. The average Bonchev–Trinajstić information content (AvgIpc) is 2.50. The van der Waals surface area contributed by atoms with Gasteiger partial charge in [-0.25, -0.2) is 4.98 Å². The Balaban J connectivity index is 2.49. The first-order chi connectivity index (χ1) is 6.68. The highest BCUT2D eigenvalue weighted by Gasteiger charge is 2.05. The van der Waals surface area contributed by atoms with Crippen molar-refractivity contribution >= 4 is 23.2 Å². The lowest BCUT2D eigenvalue weighted by Gasteiger charge is -2.02. The number of nitrogens with zero attached hydrogens (tertiary/aromatic N) is 2. The van der Waals surface area contributed by atoms with Crippen LogP contribution in [0, 0.1) is 0 Å². The fourth-order valence-corrected chi connectivity index (χ4v) is 1.54. The molecule has 0 aliphatic heterocycles. The molecule has 0 fully saturated rings. The maximum absolute atomic E-state index is 5.84. The molecule has 0 radical (unpaired) electrons. The molecule has 2 aromatic rings. The monoisotopic (exact) mass is 226 g/mol. The molecular formula is C10H8Cl2N2. The summed E-state index contributed by atoms with van der Waals surface area (Å²) in [6.07, 6.45) is 1.74. The first-order valence-corrected chi connectivity index (χ1v) is 4.87. The minimum Gasteiger partial charge on any atom is -0.318 e. The van der Waals surface area contributed by atoms with E-state index in [1.165, 1.54) is 0 Å². The number of benzene rings is 1. The van der Waals surface area contributed by atoms with Gasteiger partial charge in [0, 0.05) is 12.1 Å². The third-order valence-electron chi connectivity index (χ3n) is 2.07. The highest BCUT2D eigenvalue weighted by molar-refractivity contribution is 6.30. The molecule has 0 aliphatic carbocycles. The van der Waals surface area contributed by atoms with Gasteiger partial charge in [0.1, 0.15) is 0 Å². The second kappa shape index (κ2) is 3.64. The van der Waals surface area contributed by atoms with Crippen LogP contribution in [0.15, 0.2) is 30.5 Å². The van der Waals surface area contributed by atoms with Gasteiger partial charge >= 0.3 is 0 Å². The normalized spacial score (nSPS) is 10.5. The number of hydrogen-bond acceptors (Lipinski definition) is 1. The molecule has 4 heteroatoms. The molecule has 1 aromatic carbocycles. The molecule has 0 saturated heterocycles. The van der Waals surface area contributed by atoms with Crippen molar-refractivity contribution in [3.05, 3.63) is 40.8 Å². The van der Waals surface area contributed by atoms with Crippen molar-refractivity contribution in [3.63, 3.8) is 0 Å². The summed E-state index contributed by atoms with van der Waals surface area (Å²) in [4.78, 5) is 4.01. The first kappa shape index (κ1) is 9.56. The predicted molar refractivity (Wildman–Crippen MR) is 58.7 cm³/mol. The summed E-state index contributed by atoms with van der Waals surface area (Å²) in [6, 6.07) is 7.57. The number of aromatic nitrogens is 2. The molecule has 14 heavy (non-hydrogen) atoms. The van der Waals surface area contributed by atoms with Crippen LogP contribution in [0.5, 0.6) is 0 Å². The summed E-state index contributed by atoms with van der Waals surface area (Å²) in [5.41, 5.74) is 2.03. The van der Waals surface area contributed by atoms with Crippen LogP contribution >= 0.6 is 23.2 Å². The van der Waals surface area contributed by atoms with E-state index in [-0.39, 0.29) is 0 Å². The lowest BCUT2D eigenvalue weighted by molar-refractivity contribution is 0.922. The molecule has 1 heterocycles. The second-order valence-corrected chi connectivity index (χ2v) is 3.75. The summed E-state index contributed by atoms with van der Waals surface area (Å²) in [5.74, 6) is 0. The number of imidazole rings is 1. The predicted octanol–water partition coefficient (Wildman–Crippen LogP) is 3.39. The topological polar surface area (TPSA) is 17.8 Å². The van der Waals surface area contributed by atoms with E-state index in [4.69, 9.17) is 23.2 Å². The van der Waals surface area contributed by atoms with Crippen LogP contribution in [0.3, 0.4) is 0 Å². The van der Waals surface area contributed by atoms with Gasteiger partial charge in [0.2, 0.25) is 5.28 Å². The molecule has 0 aliphatic rings. The molecule has 2 rings (SSSR count). The Labute approximate surface area is 92.1 Å². The van der Waals surface area contributed by atoms with Crippen molar-refractivity contribution in [2.75, 3.05) is 0 Å². The maximum atomic E-state index is 5.84. The summed E-state index contributed by atoms with van der Waals surface area (Å²) in [7, 11) is 1.87. The second-order valence-electron chi connectivity index (χ2n) is 2.98. The Morgan fingerprint density at radius 1 is 1.14 bits per heavy atom. The van der Waals surface area contributed by atoms with Gasteiger partial charge in [-0.3, -0.25) is 0 Å². The SMILES string of the molecule is Cn1c(-c2ccc(Cl)cc2)cnc1Cl. The van der Waals surface area contributed by atoms with E-state index >= 15 is 0 Å². The van der Waals surface area contributed by atoms with E-state index < -0.39 is 0 Å². The summed E-state index contributed by atoms with van der Waals surface area (Å²) < 4.78 is 1.82. The van der Waals surface area contributed by atoms with Gasteiger partial charge in [0.25, 0.3) is 0 Å². The van der Waals surface area contributed by atoms with E-state index in [0.29, 0.717) is 5.28 Å². The lowest BCUT2D eigenvalue weighted by atomic mass is 10.2. The zero-order chi connectivity index (χ0) is 10.1. The molecule has 0 atom stereocenters. The van der Waals surface area contributed by atoms with Crippen LogP contribution in [-0.2, 0) is 7.05 Å². The highest BCUT2D eigenvalue weighted by Crippen LogP contribution is 2.23. The van der Waals surface area contributed by atoms with Crippen molar-refractivity contribution in [2.45, 2.75) is 0 Å². The molecular weight excluding hydrogens is 219 g/mol. The number of rotatable bonds is 1. The smallest absolute Gasteiger partial charge is 0.202 e. The Hall–Kier alpha value is -0.990. The summed E-state index contributed by atoms with van der Waals surface area (Å²) >= 11 is 11.6. The first-order valence-electron chi connectivity index (χ1n) is 4.11. The van der Waals surface area contributed by atoms with Gasteiger partial charge in [0.15, 0.2) is 0 Å². The Morgan fingerprint density at radius 3 is 2.29 bits per heavy atom. The van der Waals surface area contributed by atoms with Crippen molar-refractivity contribution < 1.29 is 0 Å². The largest absolute Gasteiger partial charge is 0.318 e. The molecule has 0 N–H and O–H groups in total. The van der Waals surface area contributed by atoms with Crippen LogP contribution in [0.4, 0.5) is 0 Å². The minimum atomic E-state index is 0.481. The van der Waals surface area contributed by atoms with Crippen molar-refractivity contribution in [1.82, 2.24) is 9.55 Å². The Bertz CT molecular complexity index is 446. The molecule has 0 unspecified atom stereocenters. The zero-order valence-electron chi connectivity index (χ0n) is 7.54. The maximum Gasteiger partial charge on any atom is 0.202 e. The van der Waals surface area contributed by atoms with Crippen LogP contribution in [0.1, 0.15) is 0 Å². The van der Waals surface area contributed by atoms with Crippen molar-refractivity contribution in [2.24, 2.45) is 7.05 Å². The van der Waals surface area contributed by atoms with Gasteiger partial charge in [-0.15, -0.1) is 0 Å². The van der Waals surface area contributed by atoms with Crippen LogP contribution in [0.25, 0.3) is 11.3 Å². The number of halogens is 2. The molecule has 0 spiro atoms. The standard InChI is InChI=1S/C10H8Cl2N2/c1-14-9(6-13-10(14)12)7-2-4-8(11)5-3-7/h2-6H,1H3.